The predicted octanol–water partition coefficient (Wildman–Crippen LogP) is 2.51. The van der Waals surface area contributed by atoms with E-state index in [1.54, 1.807) is 11.3 Å². The quantitative estimate of drug-likeness (QED) is 0.899. The number of carbonyl (C=O) groups excluding carboxylic acids is 1. The Kier molecular flexibility index (Phi) is 4.59. The van der Waals surface area contributed by atoms with E-state index >= 15 is 0 Å². The molecule has 94 valence electrons. The first-order valence-electron chi connectivity index (χ1n) is 5.89. The van der Waals surface area contributed by atoms with Crippen molar-refractivity contribution in [1.29, 1.82) is 0 Å². The van der Waals surface area contributed by atoms with Gasteiger partial charge in [0, 0.05) is 26.7 Å². The Balaban J connectivity index is 1.80. The molecular formula is C12H17BrN2OS. The molecule has 2 heterocycles. The summed E-state index contributed by atoms with van der Waals surface area (Å²) in [7, 11) is 0. The molecule has 1 aliphatic heterocycles. The van der Waals surface area contributed by atoms with Crippen molar-refractivity contribution in [2.75, 3.05) is 6.54 Å². The first kappa shape index (κ1) is 13.1. The normalized spacial score (nSPS) is 24.6. The average Bonchev–Trinajstić information content (AvgIpc) is 2.72. The van der Waals surface area contributed by atoms with E-state index < -0.39 is 0 Å². The van der Waals surface area contributed by atoms with Crippen LogP contribution >= 0.6 is 27.3 Å². The van der Waals surface area contributed by atoms with Gasteiger partial charge in [0.15, 0.2) is 0 Å². The third-order valence-electron chi connectivity index (χ3n) is 3.05. The van der Waals surface area contributed by atoms with Crippen LogP contribution in [-0.4, -0.2) is 18.5 Å². The molecule has 1 saturated heterocycles. The molecule has 3 nitrogen and oxygen atoms in total. The van der Waals surface area contributed by atoms with E-state index in [9.17, 15) is 4.79 Å². The fourth-order valence-electron chi connectivity index (χ4n) is 2.14. The molecule has 1 aliphatic rings. The molecule has 1 aromatic rings. The molecule has 1 amide bonds. The van der Waals surface area contributed by atoms with Gasteiger partial charge in [-0.15, -0.1) is 11.3 Å². The number of halogens is 1. The minimum atomic E-state index is 0.176. The van der Waals surface area contributed by atoms with Crippen LogP contribution in [-0.2, 0) is 11.3 Å². The summed E-state index contributed by atoms with van der Waals surface area (Å²) >= 11 is 5.08. The Labute approximate surface area is 114 Å². The summed E-state index contributed by atoms with van der Waals surface area (Å²) in [6.45, 7) is 3.73. The first-order valence-corrected chi connectivity index (χ1v) is 7.56. The van der Waals surface area contributed by atoms with Crippen molar-refractivity contribution in [3.63, 3.8) is 0 Å². The van der Waals surface area contributed by atoms with Gasteiger partial charge < -0.3 is 10.6 Å². The lowest BCUT2D eigenvalue weighted by Crippen LogP contribution is -2.42. The SMILES string of the molecule is CC1CC(C(=O)NCc2cc(Br)cs2)CCN1. The largest absolute Gasteiger partial charge is 0.351 e. The van der Waals surface area contributed by atoms with Gasteiger partial charge in [-0.25, -0.2) is 0 Å². The van der Waals surface area contributed by atoms with Gasteiger partial charge in [0.1, 0.15) is 0 Å². The minimum absolute atomic E-state index is 0.176. The maximum absolute atomic E-state index is 12.0. The Bertz CT molecular complexity index is 394. The molecule has 2 rings (SSSR count). The third-order valence-corrected chi connectivity index (χ3v) is 4.75. The molecular weight excluding hydrogens is 300 g/mol. The highest BCUT2D eigenvalue weighted by atomic mass is 79.9. The minimum Gasteiger partial charge on any atom is -0.351 e. The number of piperidine rings is 1. The molecule has 0 bridgehead atoms. The van der Waals surface area contributed by atoms with Crippen LogP contribution in [0.1, 0.15) is 24.6 Å². The summed E-state index contributed by atoms with van der Waals surface area (Å²) in [4.78, 5) is 13.2. The zero-order valence-electron chi connectivity index (χ0n) is 9.83. The van der Waals surface area contributed by atoms with Crippen molar-refractivity contribution in [1.82, 2.24) is 10.6 Å². The van der Waals surface area contributed by atoms with Crippen molar-refractivity contribution < 1.29 is 4.79 Å². The highest BCUT2D eigenvalue weighted by Crippen LogP contribution is 2.20. The lowest BCUT2D eigenvalue weighted by Gasteiger charge is -2.27. The first-order chi connectivity index (χ1) is 8.15. The molecule has 0 spiro atoms. The zero-order valence-corrected chi connectivity index (χ0v) is 12.2. The van der Waals surface area contributed by atoms with Crippen LogP contribution in [0.15, 0.2) is 15.9 Å². The summed E-state index contributed by atoms with van der Waals surface area (Å²) in [5, 5.41) is 8.42. The van der Waals surface area contributed by atoms with Crippen molar-refractivity contribution in [2.45, 2.75) is 32.4 Å². The second kappa shape index (κ2) is 5.98. The van der Waals surface area contributed by atoms with E-state index in [0.717, 1.165) is 23.9 Å². The van der Waals surface area contributed by atoms with Crippen molar-refractivity contribution in [2.24, 2.45) is 5.92 Å². The Morgan fingerprint density at radius 2 is 2.53 bits per heavy atom. The summed E-state index contributed by atoms with van der Waals surface area (Å²) < 4.78 is 1.09. The van der Waals surface area contributed by atoms with Crippen LogP contribution in [0.4, 0.5) is 0 Å². The van der Waals surface area contributed by atoms with Gasteiger partial charge in [0.2, 0.25) is 5.91 Å². The van der Waals surface area contributed by atoms with Gasteiger partial charge in [0.25, 0.3) is 0 Å². The van der Waals surface area contributed by atoms with Crippen molar-refractivity contribution in [3.8, 4) is 0 Å². The lowest BCUT2D eigenvalue weighted by atomic mass is 9.92. The van der Waals surface area contributed by atoms with Gasteiger partial charge in [0.05, 0.1) is 6.54 Å². The highest BCUT2D eigenvalue weighted by Gasteiger charge is 2.24. The summed E-state index contributed by atoms with van der Waals surface area (Å²) in [5.74, 6) is 0.373. The molecule has 2 N–H and O–H groups in total. The van der Waals surface area contributed by atoms with Crippen LogP contribution in [0.5, 0.6) is 0 Å². The third kappa shape index (κ3) is 3.79. The summed E-state index contributed by atoms with van der Waals surface area (Å²) in [6, 6.07) is 2.51. The highest BCUT2D eigenvalue weighted by molar-refractivity contribution is 9.10. The molecule has 2 unspecified atom stereocenters. The number of rotatable bonds is 3. The number of nitrogens with one attached hydrogen (secondary N) is 2. The topological polar surface area (TPSA) is 41.1 Å². The molecule has 0 radical (unpaired) electrons. The Morgan fingerprint density at radius 1 is 1.71 bits per heavy atom. The molecule has 17 heavy (non-hydrogen) atoms. The van der Waals surface area contributed by atoms with Crippen molar-refractivity contribution >= 4 is 33.2 Å². The van der Waals surface area contributed by atoms with Gasteiger partial charge in [-0.3, -0.25) is 4.79 Å². The molecule has 5 heteroatoms. The average molecular weight is 317 g/mol. The molecule has 0 saturated carbocycles. The number of carbonyl (C=O) groups is 1. The van der Waals surface area contributed by atoms with Crippen molar-refractivity contribution in [3.05, 3.63) is 20.8 Å². The number of hydrogen-bond acceptors (Lipinski definition) is 3. The number of hydrogen-bond donors (Lipinski definition) is 2. The predicted molar refractivity (Wildman–Crippen MR) is 74.1 cm³/mol. The number of thiophene rings is 1. The zero-order chi connectivity index (χ0) is 12.3. The Hall–Kier alpha value is -0.390. The molecule has 1 aromatic heterocycles. The standard InChI is InChI=1S/C12H17BrN2OS/c1-8-4-9(2-3-14-8)12(16)15-6-11-5-10(13)7-17-11/h5,7-9,14H,2-4,6H2,1H3,(H,15,16). The van der Waals surface area contributed by atoms with E-state index in [0.29, 0.717) is 12.6 Å². The maximum atomic E-state index is 12.0. The van der Waals surface area contributed by atoms with Crippen LogP contribution in [0.2, 0.25) is 0 Å². The fraction of sp³-hybridized carbons (Fsp3) is 0.583. The van der Waals surface area contributed by atoms with Crippen LogP contribution in [0, 0.1) is 5.92 Å². The van der Waals surface area contributed by atoms with E-state index in [2.05, 4.69) is 39.6 Å². The Morgan fingerprint density at radius 3 is 3.18 bits per heavy atom. The molecule has 0 aromatic carbocycles. The molecule has 1 fully saturated rings. The fourth-order valence-corrected chi connectivity index (χ4v) is 3.53. The smallest absolute Gasteiger partial charge is 0.223 e. The van der Waals surface area contributed by atoms with E-state index in [-0.39, 0.29) is 11.8 Å². The van der Waals surface area contributed by atoms with Gasteiger partial charge in [-0.05, 0) is 48.3 Å². The molecule has 0 aliphatic carbocycles. The van der Waals surface area contributed by atoms with E-state index in [1.807, 2.05) is 5.38 Å². The van der Waals surface area contributed by atoms with Gasteiger partial charge >= 0.3 is 0 Å². The van der Waals surface area contributed by atoms with E-state index in [4.69, 9.17) is 0 Å². The second-order valence-electron chi connectivity index (χ2n) is 4.53. The second-order valence-corrected chi connectivity index (χ2v) is 6.44. The lowest BCUT2D eigenvalue weighted by molar-refractivity contribution is -0.126. The van der Waals surface area contributed by atoms with Gasteiger partial charge in [-0.2, -0.15) is 0 Å². The van der Waals surface area contributed by atoms with Crippen LogP contribution in [0.3, 0.4) is 0 Å². The maximum Gasteiger partial charge on any atom is 0.223 e. The van der Waals surface area contributed by atoms with Gasteiger partial charge in [-0.1, -0.05) is 0 Å². The van der Waals surface area contributed by atoms with E-state index in [1.165, 1.54) is 4.88 Å². The summed E-state index contributed by atoms with van der Waals surface area (Å²) in [6.07, 6.45) is 1.89. The number of amides is 1. The monoisotopic (exact) mass is 316 g/mol. The van der Waals surface area contributed by atoms with Crippen LogP contribution < -0.4 is 10.6 Å². The summed E-state index contributed by atoms with van der Waals surface area (Å²) in [5.41, 5.74) is 0. The van der Waals surface area contributed by atoms with Crippen LogP contribution in [0.25, 0.3) is 0 Å². The molecule has 2 atom stereocenters.